The standard InChI is InChI=1S/C51H86N2O40/c1-11(60)52-21-29(68)39(17(7-58)81-44(21)78)89-45-22(53-12(2)61)30(69)40(18(8-59)86-45)90-51-43(93-48-34(73)26(65)16(6-57)85-48)42(92-50-37(76)33(72)25(64)15(5-56)84-50)28(67)20(88-51)10-80-47-38(77)41(91-49-36(75)32(71)24(63)14(4-55)83-49)27(66)19(87-47)9-79-46-35(74)31(70)23(62)13(3-54)82-46/h13-51,54-59,62-78H,3-10H2,1-2H3,(H,52,60)(H,53,61)/t13-,14-,15-,16-,17-,18-,19-,20-,21-,22-,23-,24-,25-,26+,27-,28-,29-,30-,31+,32+,33+,34-,35+,36+,37+,38+,39-,40-,41+,42+,43+,44?,45+,46+,47+,48+,49-,50-,51+/m1/s1. The van der Waals surface area contributed by atoms with Gasteiger partial charge < -0.3 is 199 Å². The van der Waals surface area contributed by atoms with Gasteiger partial charge in [0.05, 0.1) is 52.9 Å². The minimum atomic E-state index is -2.38. The van der Waals surface area contributed by atoms with Crippen molar-refractivity contribution in [3.8, 4) is 0 Å². The smallest absolute Gasteiger partial charge is 0.217 e. The largest absolute Gasteiger partial charge is 0.394 e. The normalized spacial score (nSPS) is 50.7. The van der Waals surface area contributed by atoms with Gasteiger partial charge in [0.1, 0.15) is 189 Å². The highest BCUT2D eigenvalue weighted by atomic mass is 16.8. The van der Waals surface area contributed by atoms with E-state index in [2.05, 4.69) is 10.6 Å². The first-order chi connectivity index (χ1) is 44.0. The maximum atomic E-state index is 12.9. The molecule has 8 saturated heterocycles. The molecule has 25 N–H and O–H groups in total. The summed E-state index contributed by atoms with van der Waals surface area (Å²) in [6.07, 6.45) is -75.1. The summed E-state index contributed by atoms with van der Waals surface area (Å²) in [7, 11) is 0. The molecule has 8 aliphatic rings. The summed E-state index contributed by atoms with van der Waals surface area (Å²) in [6, 6.07) is -3.51. The molecule has 42 heteroatoms. The predicted molar refractivity (Wildman–Crippen MR) is 282 cm³/mol. The summed E-state index contributed by atoms with van der Waals surface area (Å²) >= 11 is 0. The van der Waals surface area contributed by atoms with Gasteiger partial charge in [-0.25, -0.2) is 0 Å². The Morgan fingerprint density at radius 1 is 0.280 bits per heavy atom. The Morgan fingerprint density at radius 3 is 1.03 bits per heavy atom. The highest BCUT2D eigenvalue weighted by molar-refractivity contribution is 5.73. The van der Waals surface area contributed by atoms with E-state index in [1.807, 2.05) is 0 Å². The number of aliphatic hydroxyl groups excluding tert-OH is 23. The summed E-state index contributed by atoms with van der Waals surface area (Å²) in [5, 5.41) is 255. The summed E-state index contributed by atoms with van der Waals surface area (Å²) < 4.78 is 87.6. The van der Waals surface area contributed by atoms with Crippen molar-refractivity contribution in [1.82, 2.24) is 10.6 Å². The molecule has 0 aromatic carbocycles. The third-order valence-electron chi connectivity index (χ3n) is 17.1. The van der Waals surface area contributed by atoms with Crippen molar-refractivity contribution < 1.29 is 198 Å². The maximum absolute atomic E-state index is 12.9. The minimum Gasteiger partial charge on any atom is -0.394 e. The molecular formula is C51H86N2O40. The van der Waals surface area contributed by atoms with E-state index >= 15 is 0 Å². The molecular weight excluding hydrogens is 1280 g/mol. The van der Waals surface area contributed by atoms with Crippen molar-refractivity contribution in [2.75, 3.05) is 52.9 Å². The molecule has 0 bridgehead atoms. The van der Waals surface area contributed by atoms with Crippen molar-refractivity contribution in [2.24, 2.45) is 0 Å². The molecule has 8 aliphatic heterocycles. The molecule has 0 aromatic heterocycles. The van der Waals surface area contributed by atoms with E-state index < -0.39 is 304 Å². The summed E-state index contributed by atoms with van der Waals surface area (Å²) in [4.78, 5) is 25.0. The van der Waals surface area contributed by atoms with Crippen LogP contribution in [-0.2, 0) is 80.6 Å². The number of rotatable bonds is 24. The van der Waals surface area contributed by atoms with Crippen LogP contribution in [0, 0.1) is 0 Å². The van der Waals surface area contributed by atoms with Crippen LogP contribution < -0.4 is 10.6 Å². The lowest BCUT2D eigenvalue weighted by Gasteiger charge is -2.51. The van der Waals surface area contributed by atoms with Gasteiger partial charge in [-0.05, 0) is 0 Å². The van der Waals surface area contributed by atoms with E-state index in [1.165, 1.54) is 0 Å². The topological polar surface area (TPSA) is 662 Å². The zero-order valence-corrected chi connectivity index (χ0v) is 49.4. The van der Waals surface area contributed by atoms with Gasteiger partial charge in [-0.1, -0.05) is 0 Å². The number of aliphatic hydroxyl groups is 23. The zero-order chi connectivity index (χ0) is 68.3. The molecule has 1 unspecified atom stereocenters. The summed E-state index contributed by atoms with van der Waals surface area (Å²) in [5.41, 5.74) is 0. The van der Waals surface area contributed by atoms with E-state index in [0.29, 0.717) is 0 Å². The maximum Gasteiger partial charge on any atom is 0.217 e. The van der Waals surface area contributed by atoms with E-state index in [1.54, 1.807) is 0 Å². The number of hydrogen-bond acceptors (Lipinski definition) is 40. The Labute approximate surface area is 525 Å². The van der Waals surface area contributed by atoms with Crippen molar-refractivity contribution in [3.05, 3.63) is 0 Å². The number of ether oxygens (including phenoxy) is 15. The van der Waals surface area contributed by atoms with Gasteiger partial charge in [0.25, 0.3) is 0 Å². The average molecular weight is 1370 g/mol. The van der Waals surface area contributed by atoms with Gasteiger partial charge in [0.15, 0.2) is 50.3 Å². The monoisotopic (exact) mass is 1370 g/mol. The van der Waals surface area contributed by atoms with E-state index in [4.69, 9.17) is 71.1 Å². The first kappa shape index (κ1) is 76.2. The molecule has 2 amide bonds. The Hall–Kier alpha value is -2.58. The molecule has 0 saturated carbocycles. The summed E-state index contributed by atoms with van der Waals surface area (Å²) in [6.45, 7) is -6.17. The average Bonchev–Trinajstić information content (AvgIpc) is 1.59. The first-order valence-electron chi connectivity index (χ1n) is 29.5. The Bertz CT molecular complexity index is 2330. The quantitative estimate of drug-likeness (QED) is 0.0427. The Morgan fingerprint density at radius 2 is 0.581 bits per heavy atom. The van der Waals surface area contributed by atoms with Gasteiger partial charge in [-0.15, -0.1) is 0 Å². The number of nitrogens with one attached hydrogen (secondary N) is 2. The third kappa shape index (κ3) is 16.5. The fourth-order valence-electron chi connectivity index (χ4n) is 11.9. The van der Waals surface area contributed by atoms with Crippen LogP contribution in [0.1, 0.15) is 13.8 Å². The molecule has 8 fully saturated rings. The first-order valence-corrected chi connectivity index (χ1v) is 29.5. The zero-order valence-electron chi connectivity index (χ0n) is 49.4. The van der Waals surface area contributed by atoms with Crippen LogP contribution >= 0.6 is 0 Å². The number of carbonyl (C=O) groups is 2. The number of carbonyl (C=O) groups excluding carboxylic acids is 2. The van der Waals surface area contributed by atoms with Gasteiger partial charge >= 0.3 is 0 Å². The number of amides is 2. The predicted octanol–water partition coefficient (Wildman–Crippen LogP) is -17.5. The fourth-order valence-corrected chi connectivity index (χ4v) is 11.9. The molecule has 0 aliphatic carbocycles. The summed E-state index contributed by atoms with van der Waals surface area (Å²) in [5.74, 6) is -1.68. The second kappa shape index (κ2) is 33.1. The molecule has 93 heavy (non-hydrogen) atoms. The molecule has 42 nitrogen and oxygen atoms in total. The van der Waals surface area contributed by atoms with E-state index in [9.17, 15) is 127 Å². The van der Waals surface area contributed by atoms with Crippen LogP contribution in [0.2, 0.25) is 0 Å². The molecule has 39 atom stereocenters. The lowest BCUT2D eigenvalue weighted by molar-refractivity contribution is -0.399. The fraction of sp³-hybridized carbons (Fsp3) is 0.961. The SMILES string of the molecule is CC(=O)N[C@H]1[C@H](O[C@H]2[C@H](O)[C@@H](NC(C)=O)C(O)O[C@@H]2CO)O[C@H](CO)[C@@H](O[C@@H]2O[C@H](CO[C@H]3O[C@H](CO[C@H]4O[C@H](CO)[C@@H](O)[C@H](O)[C@@H]4O)[C@@H](O)[C@H](O[C@H]4O[C@H](CO)[C@@H](O)[C@H](O)[C@@H]4O)[C@@H]3O)[C@@H](O)[C@H](O[C@H]3O[C@H](CO)[C@@H](O)[C@H](O)[C@@H]3O)[C@@H]2O[C@@H]2O[C@H](CO)[C@H](O)[C@H]2O)[C@@H]1O. The van der Waals surface area contributed by atoms with Gasteiger partial charge in [0.2, 0.25) is 11.8 Å². The molecule has 0 radical (unpaired) electrons. The van der Waals surface area contributed by atoms with Crippen LogP contribution in [0.3, 0.4) is 0 Å². The molecule has 8 heterocycles. The van der Waals surface area contributed by atoms with Crippen molar-refractivity contribution >= 4 is 11.8 Å². The highest BCUT2D eigenvalue weighted by Crippen LogP contribution is 2.39. The van der Waals surface area contributed by atoms with Crippen LogP contribution in [0.4, 0.5) is 0 Å². The van der Waals surface area contributed by atoms with Gasteiger partial charge in [-0.3, -0.25) is 9.59 Å². The molecule has 8 rings (SSSR count). The number of hydrogen-bond donors (Lipinski definition) is 25. The van der Waals surface area contributed by atoms with E-state index in [-0.39, 0.29) is 0 Å². The van der Waals surface area contributed by atoms with Crippen LogP contribution in [-0.4, -0.2) is 422 Å². The molecule has 540 valence electrons. The lowest BCUT2D eigenvalue weighted by atomic mass is 9.93. The minimum absolute atomic E-state index is 0.767. The van der Waals surface area contributed by atoms with Crippen LogP contribution in [0.25, 0.3) is 0 Å². The van der Waals surface area contributed by atoms with Crippen LogP contribution in [0.15, 0.2) is 0 Å². The lowest BCUT2D eigenvalue weighted by Crippen LogP contribution is -2.70. The third-order valence-corrected chi connectivity index (χ3v) is 17.1. The molecule has 0 spiro atoms. The van der Waals surface area contributed by atoms with Crippen LogP contribution in [0.5, 0.6) is 0 Å². The van der Waals surface area contributed by atoms with Crippen molar-refractivity contribution in [1.29, 1.82) is 0 Å². The van der Waals surface area contributed by atoms with Crippen molar-refractivity contribution in [2.45, 2.75) is 253 Å². The second-order valence-electron chi connectivity index (χ2n) is 23.4. The molecule has 0 aromatic rings. The Balaban J connectivity index is 1.15. The highest BCUT2D eigenvalue weighted by Gasteiger charge is 2.60. The Kier molecular flexibility index (Phi) is 27.1. The second-order valence-corrected chi connectivity index (χ2v) is 23.4. The van der Waals surface area contributed by atoms with Gasteiger partial charge in [-0.2, -0.15) is 0 Å². The van der Waals surface area contributed by atoms with E-state index in [0.717, 1.165) is 13.8 Å². The van der Waals surface area contributed by atoms with Crippen molar-refractivity contribution in [3.63, 3.8) is 0 Å². The van der Waals surface area contributed by atoms with Gasteiger partial charge in [0, 0.05) is 13.8 Å².